The molecule has 1 amide bonds. The quantitative estimate of drug-likeness (QED) is 0.751. The van der Waals surface area contributed by atoms with Crippen LogP contribution in [0.25, 0.3) is 0 Å². The van der Waals surface area contributed by atoms with Crippen LogP contribution in [0.4, 0.5) is 23.1 Å². The van der Waals surface area contributed by atoms with E-state index in [2.05, 4.69) is 15.2 Å². The molecule has 166 valence electrons. The molecule has 0 spiro atoms. The van der Waals surface area contributed by atoms with Crippen molar-refractivity contribution in [1.29, 1.82) is 0 Å². The highest BCUT2D eigenvalue weighted by Gasteiger charge is 2.31. The van der Waals surface area contributed by atoms with E-state index in [9.17, 15) is 4.79 Å². The van der Waals surface area contributed by atoms with Crippen LogP contribution in [-0.2, 0) is 4.79 Å². The van der Waals surface area contributed by atoms with Gasteiger partial charge in [0, 0.05) is 43.9 Å². The first-order valence-electron chi connectivity index (χ1n) is 10.5. The van der Waals surface area contributed by atoms with E-state index in [0.29, 0.717) is 47.9 Å². The van der Waals surface area contributed by atoms with Crippen LogP contribution >= 0.6 is 0 Å². The molecule has 2 aromatic rings. The molecule has 1 aliphatic heterocycles. The summed E-state index contributed by atoms with van der Waals surface area (Å²) in [6.07, 6.45) is 6.85. The van der Waals surface area contributed by atoms with Crippen molar-refractivity contribution in [2.24, 2.45) is 0 Å². The van der Waals surface area contributed by atoms with Crippen LogP contribution in [0, 0.1) is 0 Å². The minimum atomic E-state index is 0.0793. The molecule has 9 nitrogen and oxygen atoms in total. The fourth-order valence-corrected chi connectivity index (χ4v) is 4.35. The number of anilines is 4. The van der Waals surface area contributed by atoms with Gasteiger partial charge < -0.3 is 29.3 Å². The predicted octanol–water partition coefficient (Wildman–Crippen LogP) is 3.36. The molecule has 31 heavy (non-hydrogen) atoms. The zero-order valence-corrected chi connectivity index (χ0v) is 18.5. The van der Waals surface area contributed by atoms with E-state index in [1.807, 2.05) is 0 Å². The van der Waals surface area contributed by atoms with Crippen molar-refractivity contribution in [3.8, 4) is 17.2 Å². The minimum Gasteiger partial charge on any atom is -0.493 e. The molecule has 1 aromatic carbocycles. The Morgan fingerprint density at radius 1 is 1.06 bits per heavy atom. The summed E-state index contributed by atoms with van der Waals surface area (Å²) in [6, 6.07) is 4.02. The number of aromatic nitrogens is 2. The Kier molecular flexibility index (Phi) is 6.01. The summed E-state index contributed by atoms with van der Waals surface area (Å²) < 4.78 is 16.3. The maximum atomic E-state index is 12.5. The van der Waals surface area contributed by atoms with Gasteiger partial charge in [-0.15, -0.1) is 0 Å². The Hall–Kier alpha value is -3.23. The van der Waals surface area contributed by atoms with Crippen LogP contribution < -0.4 is 29.3 Å². The number of hydrogen-bond donors (Lipinski definition) is 1. The fraction of sp³-hybridized carbons (Fsp3) is 0.500. The highest BCUT2D eigenvalue weighted by atomic mass is 16.5. The molecular formula is C22H29N5O4. The van der Waals surface area contributed by atoms with Gasteiger partial charge in [0.15, 0.2) is 17.3 Å². The number of benzene rings is 1. The molecule has 2 aliphatic rings. The third-order valence-electron chi connectivity index (χ3n) is 6.01. The maximum Gasteiger partial charge on any atom is 0.229 e. The summed E-state index contributed by atoms with van der Waals surface area (Å²) in [4.78, 5) is 25.7. The second kappa shape index (κ2) is 8.87. The SMILES string of the molecule is COc1cc(Nc2ncc3c(n2)N(C2CCCC2)CCC(=O)N3C)cc(OC)c1OC. The van der Waals surface area contributed by atoms with Crippen LogP contribution in [0.3, 0.4) is 0 Å². The molecule has 1 aromatic heterocycles. The molecule has 1 aliphatic carbocycles. The number of fused-ring (bicyclic) bond motifs is 1. The Morgan fingerprint density at radius 3 is 2.35 bits per heavy atom. The van der Waals surface area contributed by atoms with E-state index >= 15 is 0 Å². The van der Waals surface area contributed by atoms with E-state index in [1.54, 1.807) is 51.6 Å². The van der Waals surface area contributed by atoms with Crippen molar-refractivity contribution >= 4 is 29.0 Å². The largest absolute Gasteiger partial charge is 0.493 e. The molecular weight excluding hydrogens is 398 g/mol. The second-order valence-corrected chi connectivity index (χ2v) is 7.78. The van der Waals surface area contributed by atoms with Gasteiger partial charge in [-0.2, -0.15) is 4.98 Å². The van der Waals surface area contributed by atoms with E-state index in [4.69, 9.17) is 19.2 Å². The summed E-state index contributed by atoms with van der Waals surface area (Å²) >= 11 is 0. The summed E-state index contributed by atoms with van der Waals surface area (Å²) in [5.74, 6) is 2.92. The maximum absolute atomic E-state index is 12.5. The first-order valence-corrected chi connectivity index (χ1v) is 10.5. The molecule has 0 saturated heterocycles. The molecule has 4 rings (SSSR count). The Morgan fingerprint density at radius 2 is 1.74 bits per heavy atom. The topological polar surface area (TPSA) is 89.0 Å². The normalized spacial score (nSPS) is 16.7. The first kappa shape index (κ1) is 21.0. The lowest BCUT2D eigenvalue weighted by Crippen LogP contribution is -2.34. The van der Waals surface area contributed by atoms with Crippen LogP contribution in [0.15, 0.2) is 18.3 Å². The van der Waals surface area contributed by atoms with Gasteiger partial charge in [-0.3, -0.25) is 4.79 Å². The molecule has 0 radical (unpaired) electrons. The zero-order valence-electron chi connectivity index (χ0n) is 18.5. The van der Waals surface area contributed by atoms with Gasteiger partial charge in [0.05, 0.1) is 27.5 Å². The van der Waals surface area contributed by atoms with Crippen molar-refractivity contribution in [3.63, 3.8) is 0 Å². The summed E-state index contributed by atoms with van der Waals surface area (Å²) in [5, 5.41) is 3.24. The average molecular weight is 428 g/mol. The number of methoxy groups -OCH3 is 3. The van der Waals surface area contributed by atoms with Crippen LogP contribution in [-0.4, -0.2) is 56.8 Å². The average Bonchev–Trinajstić information content (AvgIpc) is 3.29. The molecule has 2 heterocycles. The van der Waals surface area contributed by atoms with Gasteiger partial charge >= 0.3 is 0 Å². The lowest BCUT2D eigenvalue weighted by Gasteiger charge is -2.30. The number of nitrogens with zero attached hydrogens (tertiary/aromatic N) is 4. The standard InChI is InChI=1S/C22H29N5O4/c1-26-16-13-23-22(24-14-11-17(29-2)20(31-4)18(12-14)30-3)25-21(16)27(10-9-19(26)28)15-7-5-6-8-15/h11-13,15H,5-10H2,1-4H3,(H,23,24,25). The van der Waals surface area contributed by atoms with Crippen molar-refractivity contribution in [2.45, 2.75) is 38.1 Å². The minimum absolute atomic E-state index is 0.0793. The third kappa shape index (κ3) is 4.04. The second-order valence-electron chi connectivity index (χ2n) is 7.78. The predicted molar refractivity (Wildman–Crippen MR) is 119 cm³/mol. The smallest absolute Gasteiger partial charge is 0.229 e. The Labute approximate surface area is 182 Å². The Balaban J connectivity index is 1.70. The first-order chi connectivity index (χ1) is 15.0. The van der Waals surface area contributed by atoms with Gasteiger partial charge in [0.25, 0.3) is 0 Å². The van der Waals surface area contributed by atoms with Crippen LogP contribution in [0.5, 0.6) is 17.2 Å². The molecule has 0 bridgehead atoms. The van der Waals surface area contributed by atoms with Crippen LogP contribution in [0.2, 0.25) is 0 Å². The lowest BCUT2D eigenvalue weighted by atomic mass is 10.2. The molecule has 9 heteroatoms. The van der Waals surface area contributed by atoms with Crippen LogP contribution in [0.1, 0.15) is 32.1 Å². The molecule has 1 N–H and O–H groups in total. The fourth-order valence-electron chi connectivity index (χ4n) is 4.35. The van der Waals surface area contributed by atoms with Gasteiger partial charge in [-0.1, -0.05) is 12.8 Å². The van der Waals surface area contributed by atoms with E-state index in [0.717, 1.165) is 24.3 Å². The lowest BCUT2D eigenvalue weighted by molar-refractivity contribution is -0.118. The van der Waals surface area contributed by atoms with E-state index in [1.165, 1.54) is 12.8 Å². The van der Waals surface area contributed by atoms with Gasteiger partial charge in [-0.25, -0.2) is 4.98 Å². The number of carbonyl (C=O) groups is 1. The summed E-state index contributed by atoms with van der Waals surface area (Å²) in [6.45, 7) is 0.668. The monoisotopic (exact) mass is 427 g/mol. The number of hydrogen-bond acceptors (Lipinski definition) is 8. The molecule has 1 fully saturated rings. The summed E-state index contributed by atoms with van der Waals surface area (Å²) in [5.41, 5.74) is 1.45. The van der Waals surface area contributed by atoms with Crippen molar-refractivity contribution in [1.82, 2.24) is 9.97 Å². The Bertz CT molecular complexity index is 936. The van der Waals surface area contributed by atoms with E-state index in [-0.39, 0.29) is 5.91 Å². The molecule has 0 unspecified atom stereocenters. The third-order valence-corrected chi connectivity index (χ3v) is 6.01. The van der Waals surface area contributed by atoms with Gasteiger partial charge in [0.2, 0.25) is 17.6 Å². The van der Waals surface area contributed by atoms with Crippen molar-refractivity contribution in [3.05, 3.63) is 18.3 Å². The number of rotatable bonds is 6. The number of ether oxygens (including phenoxy) is 3. The number of amides is 1. The highest BCUT2D eigenvalue weighted by molar-refractivity contribution is 5.97. The van der Waals surface area contributed by atoms with E-state index < -0.39 is 0 Å². The summed E-state index contributed by atoms with van der Waals surface area (Å²) in [7, 11) is 6.51. The molecule has 1 saturated carbocycles. The zero-order chi connectivity index (χ0) is 22.0. The van der Waals surface area contributed by atoms with Crippen molar-refractivity contribution in [2.75, 3.05) is 50.0 Å². The number of carbonyl (C=O) groups excluding carboxylic acids is 1. The number of nitrogens with one attached hydrogen (secondary N) is 1. The molecule has 0 atom stereocenters. The highest BCUT2D eigenvalue weighted by Crippen LogP contribution is 2.41. The van der Waals surface area contributed by atoms with Gasteiger partial charge in [0.1, 0.15) is 5.69 Å². The van der Waals surface area contributed by atoms with Gasteiger partial charge in [-0.05, 0) is 12.8 Å². The van der Waals surface area contributed by atoms with Crippen molar-refractivity contribution < 1.29 is 19.0 Å².